The first-order valence-electron chi connectivity index (χ1n) is 12.6. The van der Waals surface area contributed by atoms with Crippen molar-refractivity contribution in [3.63, 3.8) is 0 Å². The van der Waals surface area contributed by atoms with Crippen LogP contribution in [-0.2, 0) is 0 Å². The van der Waals surface area contributed by atoms with E-state index in [0.717, 1.165) is 35.9 Å². The largest absolute Gasteiger partial charge is 0.367 e. The second kappa shape index (κ2) is 9.73. The predicted molar refractivity (Wildman–Crippen MR) is 144 cm³/mol. The quantitative estimate of drug-likeness (QED) is 0.280. The van der Waals surface area contributed by atoms with Gasteiger partial charge in [-0.25, -0.2) is 23.7 Å². The summed E-state index contributed by atoms with van der Waals surface area (Å²) in [7, 11) is 0. The minimum atomic E-state index is -1.41. The summed E-state index contributed by atoms with van der Waals surface area (Å²) >= 11 is 0. The highest BCUT2D eigenvalue weighted by molar-refractivity contribution is 6.02. The van der Waals surface area contributed by atoms with Gasteiger partial charge in [0.25, 0.3) is 5.95 Å². The minimum Gasteiger partial charge on any atom is -0.367 e. The maximum Gasteiger partial charge on any atom is 0.251 e. The van der Waals surface area contributed by atoms with E-state index in [1.807, 2.05) is 24.4 Å². The first-order valence-corrected chi connectivity index (χ1v) is 12.6. The SMILES string of the molecule is CC1(C)CC(Nc2nc(-c3ccnc(Nc4nc(F)c(F)cc4F)c3)nc3cncc(C4=CC=C4)c23)CCN1. The summed E-state index contributed by atoms with van der Waals surface area (Å²) in [6.45, 7) is 5.25. The lowest BCUT2D eigenvalue weighted by Gasteiger charge is -2.37. The zero-order valence-electron chi connectivity index (χ0n) is 21.3. The third-order valence-corrected chi connectivity index (χ3v) is 6.81. The van der Waals surface area contributed by atoms with Crippen LogP contribution in [0.3, 0.4) is 0 Å². The fourth-order valence-electron chi connectivity index (χ4n) is 4.89. The fraction of sp³-hybridized carbons (Fsp3) is 0.250. The number of allylic oxidation sites excluding steroid dienone is 4. The molecule has 0 bridgehead atoms. The van der Waals surface area contributed by atoms with Crippen LogP contribution in [0.2, 0.25) is 0 Å². The van der Waals surface area contributed by atoms with Crippen molar-refractivity contribution in [2.24, 2.45) is 0 Å². The zero-order valence-corrected chi connectivity index (χ0v) is 21.3. The molecule has 1 saturated heterocycles. The summed E-state index contributed by atoms with van der Waals surface area (Å²) < 4.78 is 41.1. The van der Waals surface area contributed by atoms with Gasteiger partial charge in [0.15, 0.2) is 23.3 Å². The van der Waals surface area contributed by atoms with Gasteiger partial charge in [-0.3, -0.25) is 4.98 Å². The van der Waals surface area contributed by atoms with Gasteiger partial charge in [-0.15, -0.1) is 0 Å². The number of hydrogen-bond donors (Lipinski definition) is 3. The van der Waals surface area contributed by atoms with Crippen LogP contribution in [-0.4, -0.2) is 43.0 Å². The van der Waals surface area contributed by atoms with Crippen molar-refractivity contribution in [1.82, 2.24) is 30.2 Å². The third kappa shape index (κ3) is 5.05. The molecule has 1 aliphatic carbocycles. The highest BCUT2D eigenvalue weighted by atomic mass is 19.2. The summed E-state index contributed by atoms with van der Waals surface area (Å²) in [6.07, 6.45) is 12.9. The van der Waals surface area contributed by atoms with Crippen LogP contribution < -0.4 is 16.0 Å². The Morgan fingerprint density at radius 2 is 1.87 bits per heavy atom. The highest BCUT2D eigenvalue weighted by Gasteiger charge is 2.28. The molecule has 11 heteroatoms. The standard InChI is InChI=1S/C28H25F3N8/c1-28(2)12-17(7-9-34-28)35-27-23-18(15-4-3-5-15)13-32-14-21(23)36-25(39-27)16-6-8-33-22(10-16)37-26-20(30)11-19(29)24(31)38-26/h3-6,8,10-11,13-14,17,34H,7,9,12H2,1-2H3,(H,33,37,38)(H,35,36,39). The van der Waals surface area contributed by atoms with E-state index in [0.29, 0.717) is 28.8 Å². The molecule has 6 rings (SSSR count). The van der Waals surface area contributed by atoms with E-state index < -0.39 is 23.4 Å². The molecule has 0 saturated carbocycles. The van der Waals surface area contributed by atoms with E-state index in [4.69, 9.17) is 9.97 Å². The van der Waals surface area contributed by atoms with Gasteiger partial charge < -0.3 is 16.0 Å². The molecule has 39 heavy (non-hydrogen) atoms. The lowest BCUT2D eigenvalue weighted by Crippen LogP contribution is -2.50. The number of fused-ring (bicyclic) bond motifs is 1. The van der Waals surface area contributed by atoms with Gasteiger partial charge in [0, 0.05) is 41.2 Å². The van der Waals surface area contributed by atoms with Crippen LogP contribution in [0.1, 0.15) is 32.3 Å². The Hall–Kier alpha value is -4.38. The van der Waals surface area contributed by atoms with Crippen molar-refractivity contribution in [3.05, 3.63) is 78.2 Å². The molecule has 1 fully saturated rings. The van der Waals surface area contributed by atoms with Gasteiger partial charge >= 0.3 is 0 Å². The Morgan fingerprint density at radius 1 is 1.03 bits per heavy atom. The van der Waals surface area contributed by atoms with Crippen molar-refractivity contribution in [2.75, 3.05) is 17.2 Å². The Bertz CT molecular complexity index is 1650. The number of anilines is 3. The summed E-state index contributed by atoms with van der Waals surface area (Å²) in [4.78, 5) is 21.6. The number of hydrogen-bond acceptors (Lipinski definition) is 8. The number of pyridine rings is 3. The second-order valence-corrected chi connectivity index (χ2v) is 10.2. The first-order chi connectivity index (χ1) is 18.8. The van der Waals surface area contributed by atoms with E-state index in [-0.39, 0.29) is 17.4 Å². The van der Waals surface area contributed by atoms with Crippen molar-refractivity contribution in [1.29, 1.82) is 0 Å². The molecule has 1 atom stereocenters. The molecule has 4 aromatic rings. The molecule has 0 aromatic carbocycles. The molecular weight excluding hydrogens is 505 g/mol. The smallest absolute Gasteiger partial charge is 0.251 e. The lowest BCUT2D eigenvalue weighted by atomic mass is 9.89. The molecule has 0 radical (unpaired) electrons. The molecule has 3 N–H and O–H groups in total. The van der Waals surface area contributed by atoms with Crippen molar-refractivity contribution in [2.45, 2.75) is 38.3 Å². The summed E-state index contributed by atoms with van der Waals surface area (Å²) in [5.74, 6) is -3.05. The molecule has 0 spiro atoms. The Balaban J connectivity index is 1.41. The zero-order chi connectivity index (χ0) is 27.1. The molecule has 5 heterocycles. The van der Waals surface area contributed by atoms with Gasteiger partial charge in [0.2, 0.25) is 0 Å². The average Bonchev–Trinajstić information content (AvgIpc) is 2.86. The molecular formula is C28H25F3N8. The van der Waals surface area contributed by atoms with Gasteiger partial charge in [0.05, 0.1) is 17.1 Å². The second-order valence-electron chi connectivity index (χ2n) is 10.2. The first kappa shape index (κ1) is 24.9. The van der Waals surface area contributed by atoms with Gasteiger partial charge in [-0.1, -0.05) is 18.2 Å². The lowest BCUT2D eigenvalue weighted by molar-refractivity contribution is 0.286. The van der Waals surface area contributed by atoms with E-state index in [2.05, 4.69) is 44.7 Å². The normalized spacial score (nSPS) is 18.0. The van der Waals surface area contributed by atoms with E-state index in [9.17, 15) is 13.2 Å². The van der Waals surface area contributed by atoms with Crippen LogP contribution in [0.25, 0.3) is 27.9 Å². The number of aromatic nitrogens is 5. The number of rotatable bonds is 6. The van der Waals surface area contributed by atoms with Crippen LogP contribution in [0, 0.1) is 17.6 Å². The van der Waals surface area contributed by atoms with E-state index in [1.165, 1.54) is 6.20 Å². The fourth-order valence-corrected chi connectivity index (χ4v) is 4.89. The average molecular weight is 531 g/mol. The van der Waals surface area contributed by atoms with Crippen LogP contribution in [0.15, 0.2) is 55.0 Å². The Kier molecular flexibility index (Phi) is 6.22. The van der Waals surface area contributed by atoms with E-state index in [1.54, 1.807) is 18.3 Å². The van der Waals surface area contributed by atoms with Gasteiger partial charge in [-0.2, -0.15) is 9.37 Å². The molecule has 1 unspecified atom stereocenters. The number of piperidine rings is 1. The molecule has 4 aromatic heterocycles. The number of halogens is 3. The van der Waals surface area contributed by atoms with Crippen molar-refractivity contribution in [3.8, 4) is 11.4 Å². The Labute approximate surface area is 222 Å². The van der Waals surface area contributed by atoms with Crippen LogP contribution in [0.5, 0.6) is 0 Å². The summed E-state index contributed by atoms with van der Waals surface area (Å²) in [6, 6.07) is 3.93. The number of nitrogens with one attached hydrogen (secondary N) is 3. The summed E-state index contributed by atoms with van der Waals surface area (Å²) in [5.41, 5.74) is 3.22. The minimum absolute atomic E-state index is 0.0139. The van der Waals surface area contributed by atoms with Crippen LogP contribution in [0.4, 0.5) is 30.6 Å². The maximum atomic E-state index is 14.2. The molecule has 2 aliphatic rings. The number of nitrogens with zero attached hydrogens (tertiary/aromatic N) is 5. The van der Waals surface area contributed by atoms with Crippen molar-refractivity contribution >= 4 is 33.9 Å². The highest BCUT2D eigenvalue weighted by Crippen LogP contribution is 2.35. The van der Waals surface area contributed by atoms with E-state index >= 15 is 0 Å². The molecule has 8 nitrogen and oxygen atoms in total. The predicted octanol–water partition coefficient (Wildman–Crippen LogP) is 5.54. The molecule has 198 valence electrons. The van der Waals surface area contributed by atoms with Crippen molar-refractivity contribution < 1.29 is 13.2 Å². The monoisotopic (exact) mass is 530 g/mol. The van der Waals surface area contributed by atoms with Crippen LogP contribution >= 0.6 is 0 Å². The summed E-state index contributed by atoms with van der Waals surface area (Å²) in [5, 5.41) is 10.7. The van der Waals surface area contributed by atoms with Gasteiger partial charge in [0.1, 0.15) is 11.6 Å². The molecule has 0 amide bonds. The maximum absolute atomic E-state index is 14.2. The van der Waals surface area contributed by atoms with Gasteiger partial charge in [-0.05, 0) is 50.9 Å². The Morgan fingerprint density at radius 3 is 2.64 bits per heavy atom. The third-order valence-electron chi connectivity index (χ3n) is 6.81. The molecule has 1 aliphatic heterocycles. The topological polar surface area (TPSA) is 101 Å².